The molecule has 0 saturated carbocycles. The summed E-state index contributed by atoms with van der Waals surface area (Å²) in [4.78, 5) is 1.12. The molecule has 0 spiro atoms. The van der Waals surface area contributed by atoms with Gasteiger partial charge in [-0.2, -0.15) is 0 Å². The van der Waals surface area contributed by atoms with Crippen molar-refractivity contribution in [1.29, 1.82) is 10.5 Å². The van der Waals surface area contributed by atoms with Gasteiger partial charge in [-0.15, -0.1) is 0 Å². The summed E-state index contributed by atoms with van der Waals surface area (Å²) in [5.74, 6) is 0. The maximum absolute atomic E-state index is 7.95. The second kappa shape index (κ2) is 5.64. The molecule has 0 heterocycles. The number of nitrogens with zero attached hydrogens (tertiary/aromatic N) is 2. The Bertz CT molecular complexity index is 93.8. The van der Waals surface area contributed by atoms with Crippen LogP contribution in [0.1, 0.15) is 0 Å². The summed E-state index contributed by atoms with van der Waals surface area (Å²) in [6, 6.07) is 3.95. The van der Waals surface area contributed by atoms with E-state index in [-0.39, 0.29) is 0 Å². The third-order valence-electron chi connectivity index (χ3n) is 0.258. The van der Waals surface area contributed by atoms with Gasteiger partial charge in [0.15, 0.2) is 0 Å². The molecule has 0 unspecified atom stereocenters. The fraction of sp³-hybridized carbons (Fsp3) is 0.500. The molecule has 3 heteroatoms. The van der Waals surface area contributed by atoms with E-state index in [0.717, 1.165) is 0 Å². The molecular weight excluding hydrogens is 182 g/mol. The summed E-state index contributed by atoms with van der Waals surface area (Å²) < 4.78 is 0. The van der Waals surface area contributed by atoms with E-state index in [1.807, 2.05) is 12.1 Å². The van der Waals surface area contributed by atoms with Gasteiger partial charge in [-0.3, -0.25) is 0 Å². The minimum absolute atomic E-state index is 0.346. The van der Waals surface area contributed by atoms with Crippen LogP contribution >= 0.6 is 0 Å². The van der Waals surface area contributed by atoms with Crippen molar-refractivity contribution in [3.05, 3.63) is 0 Å². The molecule has 0 fully saturated rings. The van der Waals surface area contributed by atoms with Crippen LogP contribution in [0.4, 0.5) is 0 Å². The molecular formula is C4H4N2Pd. The van der Waals surface area contributed by atoms with Crippen molar-refractivity contribution in [1.82, 2.24) is 0 Å². The van der Waals surface area contributed by atoms with Crippen molar-refractivity contribution in [2.45, 2.75) is 9.79 Å². The summed E-state index contributed by atoms with van der Waals surface area (Å²) in [5, 5.41) is 15.9. The van der Waals surface area contributed by atoms with E-state index >= 15 is 0 Å². The zero-order chi connectivity index (χ0) is 5.54. The van der Waals surface area contributed by atoms with Crippen molar-refractivity contribution in [3.8, 4) is 12.1 Å². The number of hydrogen-bond donors (Lipinski definition) is 0. The Morgan fingerprint density at radius 3 is 1.86 bits per heavy atom. The average Bonchev–Trinajstić information content (AvgIpc) is 1.69. The second-order valence-electron chi connectivity index (χ2n) is 0.698. The average molecular weight is 187 g/mol. The van der Waals surface area contributed by atoms with E-state index in [2.05, 4.69) is 0 Å². The molecule has 2 nitrogen and oxygen atoms in total. The molecule has 0 atom stereocenters. The van der Waals surface area contributed by atoms with Gasteiger partial charge < -0.3 is 0 Å². The van der Waals surface area contributed by atoms with Crippen LogP contribution in [-0.4, -0.2) is 0 Å². The van der Waals surface area contributed by atoms with Gasteiger partial charge in [0.1, 0.15) is 0 Å². The molecule has 0 aromatic carbocycles. The van der Waals surface area contributed by atoms with Gasteiger partial charge in [-0.05, 0) is 0 Å². The SMILES string of the molecule is N#C[CH2][Pd][CH2]C#N. The molecule has 0 radical (unpaired) electrons. The predicted octanol–water partition coefficient (Wildman–Crippen LogP) is 0.953. The third kappa shape index (κ3) is 5.64. The summed E-state index contributed by atoms with van der Waals surface area (Å²) in [5.41, 5.74) is 0. The van der Waals surface area contributed by atoms with Crippen molar-refractivity contribution in [3.63, 3.8) is 0 Å². The summed E-state index contributed by atoms with van der Waals surface area (Å²) in [7, 11) is 0. The van der Waals surface area contributed by atoms with E-state index in [4.69, 9.17) is 10.5 Å². The minimum atomic E-state index is 0.346. The Balaban J connectivity index is 2.77. The van der Waals surface area contributed by atoms with Crippen LogP contribution in [0.2, 0.25) is 9.79 Å². The van der Waals surface area contributed by atoms with Crippen LogP contribution in [0.25, 0.3) is 0 Å². The first-order chi connectivity index (χ1) is 3.41. The Morgan fingerprint density at radius 1 is 1.14 bits per heavy atom. The van der Waals surface area contributed by atoms with Gasteiger partial charge in [0.2, 0.25) is 0 Å². The van der Waals surface area contributed by atoms with Gasteiger partial charge in [0, 0.05) is 0 Å². The van der Waals surface area contributed by atoms with Crippen molar-refractivity contribution in [2.75, 3.05) is 0 Å². The molecule has 0 aromatic heterocycles. The monoisotopic (exact) mass is 186 g/mol. The van der Waals surface area contributed by atoms with Crippen LogP contribution in [0.3, 0.4) is 0 Å². The van der Waals surface area contributed by atoms with Crippen LogP contribution < -0.4 is 0 Å². The molecule has 0 rings (SSSR count). The first-order valence-electron chi connectivity index (χ1n) is 1.60. The molecule has 0 bridgehead atoms. The molecule has 0 aliphatic rings. The van der Waals surface area contributed by atoms with E-state index < -0.39 is 0 Å². The van der Waals surface area contributed by atoms with Gasteiger partial charge in [-0.25, -0.2) is 0 Å². The fourth-order valence-corrected chi connectivity index (χ4v) is 0.652. The molecule has 40 valence electrons. The molecule has 7 heavy (non-hydrogen) atoms. The van der Waals surface area contributed by atoms with Crippen LogP contribution in [0.5, 0.6) is 0 Å². The Labute approximate surface area is 50.9 Å². The third-order valence-corrected chi connectivity index (χ3v) is 1.53. The summed E-state index contributed by atoms with van der Waals surface area (Å²) >= 11 is 0.346. The van der Waals surface area contributed by atoms with Crippen LogP contribution in [0.15, 0.2) is 0 Å². The molecule has 0 N–H and O–H groups in total. The fourth-order valence-electron chi connectivity index (χ4n) is 0.110. The number of nitriles is 2. The van der Waals surface area contributed by atoms with Crippen molar-refractivity contribution >= 4 is 0 Å². The Kier molecular flexibility index (Phi) is 5.35. The van der Waals surface area contributed by atoms with Crippen molar-refractivity contribution < 1.29 is 18.0 Å². The van der Waals surface area contributed by atoms with Gasteiger partial charge >= 0.3 is 50.4 Å². The number of hydrogen-bond acceptors (Lipinski definition) is 2. The van der Waals surface area contributed by atoms with E-state index in [9.17, 15) is 0 Å². The topological polar surface area (TPSA) is 47.6 Å². The number of rotatable bonds is 2. The molecule has 0 aromatic rings. The second-order valence-corrected chi connectivity index (χ2v) is 2.57. The van der Waals surface area contributed by atoms with Crippen LogP contribution in [-0.2, 0) is 18.0 Å². The van der Waals surface area contributed by atoms with Crippen molar-refractivity contribution in [2.24, 2.45) is 0 Å². The molecule has 0 aliphatic carbocycles. The van der Waals surface area contributed by atoms with Gasteiger partial charge in [-0.1, -0.05) is 0 Å². The van der Waals surface area contributed by atoms with Gasteiger partial charge in [0.25, 0.3) is 0 Å². The Hall–Kier alpha value is -0.358. The van der Waals surface area contributed by atoms with Crippen LogP contribution in [0, 0.1) is 22.7 Å². The standard InChI is InChI=1S/2C2H2N.Pd/c2*1-2-3;/h2*1H2;. The van der Waals surface area contributed by atoms with E-state index in [0.29, 0.717) is 27.8 Å². The first-order valence-corrected chi connectivity index (χ1v) is 3.80. The molecule has 0 saturated heterocycles. The van der Waals surface area contributed by atoms with Gasteiger partial charge in [0.05, 0.1) is 0 Å². The molecule has 0 amide bonds. The predicted molar refractivity (Wildman–Crippen MR) is 20.8 cm³/mol. The van der Waals surface area contributed by atoms with E-state index in [1.54, 1.807) is 0 Å². The quantitative estimate of drug-likeness (QED) is 0.476. The zero-order valence-electron chi connectivity index (χ0n) is 3.62. The summed E-state index contributed by atoms with van der Waals surface area (Å²) in [6.45, 7) is 0. The normalized spacial score (nSPS) is 7.14. The maximum atomic E-state index is 7.95. The zero-order valence-corrected chi connectivity index (χ0v) is 5.18. The molecule has 0 aliphatic heterocycles. The van der Waals surface area contributed by atoms with E-state index in [1.165, 1.54) is 0 Å². The summed E-state index contributed by atoms with van der Waals surface area (Å²) in [6.07, 6.45) is 0. The first kappa shape index (κ1) is 6.64. The Morgan fingerprint density at radius 2 is 1.57 bits per heavy atom.